The van der Waals surface area contributed by atoms with Crippen LogP contribution in [-0.2, 0) is 9.59 Å². The summed E-state index contributed by atoms with van der Waals surface area (Å²) in [4.78, 5) is 21.9. The fraction of sp³-hybridized carbons (Fsp3) is 0.857. The number of hydrogen-bond acceptors (Lipinski definition) is 3. The fourth-order valence-electron chi connectivity index (χ4n) is 2.56. The van der Waals surface area contributed by atoms with Gasteiger partial charge in [-0.3, -0.25) is 4.79 Å². The molecule has 0 aliphatic heterocycles. The number of amides is 1. The van der Waals surface area contributed by atoms with Gasteiger partial charge in [0.15, 0.2) is 0 Å². The van der Waals surface area contributed by atoms with Crippen molar-refractivity contribution in [3.05, 3.63) is 0 Å². The van der Waals surface area contributed by atoms with Crippen LogP contribution in [0, 0.1) is 5.92 Å². The van der Waals surface area contributed by atoms with Crippen molar-refractivity contribution in [2.24, 2.45) is 5.92 Å². The lowest BCUT2D eigenvalue weighted by Crippen LogP contribution is -2.40. The first-order chi connectivity index (χ1) is 9.02. The van der Waals surface area contributed by atoms with E-state index in [1.807, 2.05) is 11.8 Å². The van der Waals surface area contributed by atoms with E-state index in [0.717, 1.165) is 11.7 Å². The summed E-state index contributed by atoms with van der Waals surface area (Å²) in [5.41, 5.74) is 0. The number of rotatable bonds is 7. The van der Waals surface area contributed by atoms with E-state index in [0.29, 0.717) is 11.7 Å². The number of carboxylic acids is 1. The van der Waals surface area contributed by atoms with Gasteiger partial charge < -0.3 is 10.4 Å². The summed E-state index contributed by atoms with van der Waals surface area (Å²) in [5, 5.41) is 12.2. The molecule has 5 heteroatoms. The smallest absolute Gasteiger partial charge is 0.326 e. The van der Waals surface area contributed by atoms with Crippen LogP contribution in [0.2, 0.25) is 0 Å². The maximum atomic E-state index is 11.0. The molecule has 110 valence electrons. The van der Waals surface area contributed by atoms with E-state index in [4.69, 9.17) is 5.11 Å². The molecule has 0 bridgehead atoms. The summed E-state index contributed by atoms with van der Waals surface area (Å²) in [6.45, 7) is 3.61. The normalized spacial score (nSPS) is 24.7. The van der Waals surface area contributed by atoms with Gasteiger partial charge >= 0.3 is 5.97 Å². The number of hydrogen-bond donors (Lipinski definition) is 2. The fourth-order valence-corrected chi connectivity index (χ4v) is 3.87. The second kappa shape index (κ2) is 8.46. The van der Waals surface area contributed by atoms with E-state index in [-0.39, 0.29) is 5.91 Å². The molecule has 1 aliphatic carbocycles. The first-order valence-corrected chi connectivity index (χ1v) is 8.19. The molecule has 0 aromatic heterocycles. The maximum Gasteiger partial charge on any atom is 0.326 e. The quantitative estimate of drug-likeness (QED) is 0.755. The largest absolute Gasteiger partial charge is 0.480 e. The van der Waals surface area contributed by atoms with Crippen molar-refractivity contribution in [3.63, 3.8) is 0 Å². The number of carbonyl (C=O) groups excluding carboxylic acids is 1. The Morgan fingerprint density at radius 2 is 1.95 bits per heavy atom. The molecule has 1 saturated carbocycles. The van der Waals surface area contributed by atoms with Gasteiger partial charge in [-0.2, -0.15) is 11.8 Å². The van der Waals surface area contributed by atoms with Crippen molar-refractivity contribution in [2.45, 2.75) is 63.7 Å². The zero-order valence-corrected chi connectivity index (χ0v) is 12.7. The predicted molar refractivity (Wildman–Crippen MR) is 78.4 cm³/mol. The third-order valence-electron chi connectivity index (χ3n) is 3.81. The number of nitrogens with one attached hydrogen (secondary N) is 1. The molecule has 4 nitrogen and oxygen atoms in total. The lowest BCUT2D eigenvalue weighted by atomic mass is 9.87. The summed E-state index contributed by atoms with van der Waals surface area (Å²) in [7, 11) is 0. The van der Waals surface area contributed by atoms with Crippen molar-refractivity contribution in [1.29, 1.82) is 0 Å². The van der Waals surface area contributed by atoms with E-state index >= 15 is 0 Å². The molecule has 0 radical (unpaired) electrons. The molecule has 1 rings (SSSR count). The van der Waals surface area contributed by atoms with Crippen LogP contribution in [0.1, 0.15) is 52.4 Å². The molecular formula is C14H25NO3S. The number of carboxylic acid groups (broad SMARTS) is 1. The molecule has 0 spiro atoms. The zero-order valence-electron chi connectivity index (χ0n) is 11.9. The monoisotopic (exact) mass is 287 g/mol. The van der Waals surface area contributed by atoms with Crippen LogP contribution >= 0.6 is 11.8 Å². The van der Waals surface area contributed by atoms with Gasteiger partial charge in [0.25, 0.3) is 0 Å². The predicted octanol–water partition coefficient (Wildman–Crippen LogP) is 2.67. The maximum absolute atomic E-state index is 11.0. The molecule has 1 amide bonds. The molecular weight excluding hydrogens is 262 g/mol. The van der Waals surface area contributed by atoms with Gasteiger partial charge in [-0.15, -0.1) is 0 Å². The van der Waals surface area contributed by atoms with Crippen molar-refractivity contribution in [2.75, 3.05) is 5.75 Å². The first kappa shape index (κ1) is 16.3. The van der Waals surface area contributed by atoms with Crippen molar-refractivity contribution >= 4 is 23.6 Å². The summed E-state index contributed by atoms with van der Waals surface area (Å²) in [6, 6.07) is -0.739. The molecule has 0 aromatic carbocycles. The average molecular weight is 287 g/mol. The lowest BCUT2D eigenvalue weighted by Gasteiger charge is -2.27. The summed E-state index contributed by atoms with van der Waals surface area (Å²) in [6.07, 6.45) is 6.90. The first-order valence-electron chi connectivity index (χ1n) is 7.14. The van der Waals surface area contributed by atoms with E-state index in [9.17, 15) is 9.59 Å². The standard InChI is InChI=1S/C14H25NO3S/c1-3-11-4-6-12(7-5-11)19-9-8-13(14(17)18)15-10(2)16/h11-13H,3-9H2,1-2H3,(H,15,16)(H,17,18). The Hall–Kier alpha value is -0.710. The minimum atomic E-state index is -0.939. The molecule has 1 unspecified atom stereocenters. The Morgan fingerprint density at radius 1 is 1.32 bits per heavy atom. The minimum Gasteiger partial charge on any atom is -0.480 e. The molecule has 0 heterocycles. The summed E-state index contributed by atoms with van der Waals surface area (Å²) >= 11 is 1.87. The van der Waals surface area contributed by atoms with Crippen LogP contribution in [0.3, 0.4) is 0 Å². The van der Waals surface area contributed by atoms with Crippen LogP contribution < -0.4 is 5.32 Å². The van der Waals surface area contributed by atoms with Crippen LogP contribution in [0.25, 0.3) is 0 Å². The van der Waals surface area contributed by atoms with E-state index in [1.165, 1.54) is 39.0 Å². The van der Waals surface area contributed by atoms with E-state index in [2.05, 4.69) is 12.2 Å². The highest BCUT2D eigenvalue weighted by Crippen LogP contribution is 2.33. The second-order valence-corrected chi connectivity index (χ2v) is 6.71. The third-order valence-corrected chi connectivity index (χ3v) is 5.22. The number of aliphatic carboxylic acids is 1. The van der Waals surface area contributed by atoms with Crippen molar-refractivity contribution < 1.29 is 14.7 Å². The minimum absolute atomic E-state index is 0.277. The third kappa shape index (κ3) is 6.32. The van der Waals surface area contributed by atoms with Crippen LogP contribution in [-0.4, -0.2) is 34.0 Å². The van der Waals surface area contributed by atoms with Crippen molar-refractivity contribution in [1.82, 2.24) is 5.32 Å². The molecule has 2 N–H and O–H groups in total. The van der Waals surface area contributed by atoms with Gasteiger partial charge in [0.2, 0.25) is 5.91 Å². The highest BCUT2D eigenvalue weighted by molar-refractivity contribution is 7.99. The molecule has 19 heavy (non-hydrogen) atoms. The van der Waals surface area contributed by atoms with Crippen LogP contribution in [0.15, 0.2) is 0 Å². The van der Waals surface area contributed by atoms with Gasteiger partial charge in [-0.05, 0) is 43.8 Å². The van der Waals surface area contributed by atoms with E-state index in [1.54, 1.807) is 0 Å². The number of thioether (sulfide) groups is 1. The Kier molecular flexibility index (Phi) is 7.28. The lowest BCUT2D eigenvalue weighted by molar-refractivity contribution is -0.141. The molecule has 0 saturated heterocycles. The number of carbonyl (C=O) groups is 2. The second-order valence-electron chi connectivity index (χ2n) is 5.30. The highest BCUT2D eigenvalue weighted by Gasteiger charge is 2.22. The van der Waals surface area contributed by atoms with Gasteiger partial charge in [-0.1, -0.05) is 13.3 Å². The van der Waals surface area contributed by atoms with Crippen LogP contribution in [0.4, 0.5) is 0 Å². The van der Waals surface area contributed by atoms with Crippen LogP contribution in [0.5, 0.6) is 0 Å². The van der Waals surface area contributed by atoms with Gasteiger partial charge in [0.05, 0.1) is 0 Å². The Balaban J connectivity index is 2.21. The summed E-state index contributed by atoms with van der Waals surface area (Å²) in [5.74, 6) is 0.480. The van der Waals surface area contributed by atoms with Gasteiger partial charge in [0, 0.05) is 12.2 Å². The average Bonchev–Trinajstić information content (AvgIpc) is 2.37. The molecule has 1 atom stereocenters. The van der Waals surface area contributed by atoms with Crippen molar-refractivity contribution in [3.8, 4) is 0 Å². The molecule has 0 aromatic rings. The molecule has 1 fully saturated rings. The Morgan fingerprint density at radius 3 is 2.42 bits per heavy atom. The van der Waals surface area contributed by atoms with Gasteiger partial charge in [-0.25, -0.2) is 4.79 Å². The zero-order chi connectivity index (χ0) is 14.3. The van der Waals surface area contributed by atoms with E-state index < -0.39 is 12.0 Å². The summed E-state index contributed by atoms with van der Waals surface area (Å²) < 4.78 is 0. The van der Waals surface area contributed by atoms with Gasteiger partial charge in [0.1, 0.15) is 6.04 Å². The molecule has 1 aliphatic rings. The Bertz CT molecular complexity index is 301. The topological polar surface area (TPSA) is 66.4 Å². The SMILES string of the molecule is CCC1CCC(SCCC(NC(C)=O)C(=O)O)CC1. The highest BCUT2D eigenvalue weighted by atomic mass is 32.2. The Labute approximate surface area is 119 Å².